The number of carboxylic acid groups (broad SMARTS) is 1. The summed E-state index contributed by atoms with van der Waals surface area (Å²) < 4.78 is 0. The van der Waals surface area contributed by atoms with E-state index in [0.29, 0.717) is 30.1 Å². The van der Waals surface area contributed by atoms with Gasteiger partial charge in [-0.3, -0.25) is 9.59 Å². The number of aryl methyl sites for hydroxylation is 1. The Hall–Kier alpha value is -2.27. The van der Waals surface area contributed by atoms with Crippen molar-refractivity contribution in [1.82, 2.24) is 4.98 Å². The van der Waals surface area contributed by atoms with Crippen LogP contribution in [0.2, 0.25) is 0 Å². The van der Waals surface area contributed by atoms with Gasteiger partial charge in [-0.15, -0.1) is 23.7 Å². The summed E-state index contributed by atoms with van der Waals surface area (Å²) in [5, 5.41) is 19.8. The van der Waals surface area contributed by atoms with Gasteiger partial charge in [-0.05, 0) is 6.92 Å². The van der Waals surface area contributed by atoms with E-state index >= 15 is 0 Å². The van der Waals surface area contributed by atoms with Crippen LogP contribution in [0.1, 0.15) is 36.3 Å². The highest BCUT2D eigenvalue weighted by atomic mass is 32.1. The third kappa shape index (κ3) is 4.36. The molecule has 22 heavy (non-hydrogen) atoms. The minimum atomic E-state index is -0.946. The van der Waals surface area contributed by atoms with Gasteiger partial charge >= 0.3 is 5.97 Å². The van der Waals surface area contributed by atoms with Crippen LogP contribution in [0.25, 0.3) is 0 Å². The van der Waals surface area contributed by atoms with Crippen LogP contribution in [-0.4, -0.2) is 27.6 Å². The smallest absolute Gasteiger partial charge is 0.309 e. The highest BCUT2D eigenvalue weighted by molar-refractivity contribution is 7.15. The van der Waals surface area contributed by atoms with Crippen molar-refractivity contribution < 1.29 is 14.7 Å². The van der Waals surface area contributed by atoms with E-state index in [1.54, 1.807) is 6.92 Å². The van der Waals surface area contributed by atoms with Crippen molar-refractivity contribution >= 4 is 28.3 Å². The number of aromatic nitrogens is 1. The van der Waals surface area contributed by atoms with Gasteiger partial charge in [0.05, 0.1) is 12.1 Å². The first kappa shape index (κ1) is 16.1. The van der Waals surface area contributed by atoms with E-state index in [4.69, 9.17) is 11.5 Å². The standard InChI is InChI=1S/C14H16N4O3S/c1-3-4-6-14(17-18-14)7-5-11(19)16-13-15-10(8-12(20)21)9(2)22-13/h1H,4-8H2,2H3,(H,20,21)(H,15,16,19). The summed E-state index contributed by atoms with van der Waals surface area (Å²) in [6.45, 7) is 1.78. The van der Waals surface area contributed by atoms with E-state index in [9.17, 15) is 9.59 Å². The SMILES string of the molecule is C#CCCC1(CCC(=O)Nc2nc(CC(=O)O)c(C)s2)N=N1. The van der Waals surface area contributed by atoms with Gasteiger partial charge in [-0.2, -0.15) is 10.2 Å². The maximum atomic E-state index is 11.9. The molecule has 7 nitrogen and oxygen atoms in total. The molecule has 0 unspecified atom stereocenters. The highest BCUT2D eigenvalue weighted by Crippen LogP contribution is 2.37. The Morgan fingerprint density at radius 2 is 2.14 bits per heavy atom. The Morgan fingerprint density at radius 3 is 2.73 bits per heavy atom. The number of amides is 1. The van der Waals surface area contributed by atoms with Crippen LogP contribution in [0, 0.1) is 19.3 Å². The zero-order chi connectivity index (χ0) is 16.2. The molecule has 2 N–H and O–H groups in total. The number of rotatable bonds is 8. The first-order valence-electron chi connectivity index (χ1n) is 6.79. The Bertz CT molecular complexity index is 654. The fourth-order valence-electron chi connectivity index (χ4n) is 1.95. The van der Waals surface area contributed by atoms with Gasteiger partial charge in [0.2, 0.25) is 5.91 Å². The van der Waals surface area contributed by atoms with Crippen LogP contribution in [-0.2, 0) is 16.0 Å². The molecule has 0 saturated carbocycles. The van der Waals surface area contributed by atoms with Gasteiger partial charge in [0.25, 0.3) is 0 Å². The number of carbonyl (C=O) groups is 2. The molecule has 0 saturated heterocycles. The van der Waals surface area contributed by atoms with Gasteiger partial charge < -0.3 is 10.4 Å². The summed E-state index contributed by atoms with van der Waals surface area (Å²) >= 11 is 1.27. The fourth-order valence-corrected chi connectivity index (χ4v) is 2.80. The Kier molecular flexibility index (Phi) is 4.88. The molecule has 8 heteroatoms. The lowest BCUT2D eigenvalue weighted by molar-refractivity contribution is -0.136. The van der Waals surface area contributed by atoms with Crippen LogP contribution >= 0.6 is 11.3 Å². The minimum Gasteiger partial charge on any atom is -0.481 e. The Balaban J connectivity index is 1.82. The molecule has 0 spiro atoms. The summed E-state index contributed by atoms with van der Waals surface area (Å²) in [6.07, 6.45) is 7.10. The van der Waals surface area contributed by atoms with E-state index in [0.717, 1.165) is 4.88 Å². The van der Waals surface area contributed by atoms with Crippen LogP contribution in [0.5, 0.6) is 0 Å². The molecule has 0 atom stereocenters. The van der Waals surface area contributed by atoms with Crippen LogP contribution in [0.3, 0.4) is 0 Å². The van der Waals surface area contributed by atoms with Gasteiger partial charge in [-0.25, -0.2) is 4.98 Å². The van der Waals surface area contributed by atoms with Crippen molar-refractivity contribution in [3.63, 3.8) is 0 Å². The Morgan fingerprint density at radius 1 is 1.41 bits per heavy atom. The molecule has 2 heterocycles. The molecule has 1 aromatic rings. The van der Waals surface area contributed by atoms with Crippen molar-refractivity contribution in [2.75, 3.05) is 5.32 Å². The normalized spacial score (nSPS) is 14.4. The molecule has 0 fully saturated rings. The largest absolute Gasteiger partial charge is 0.481 e. The summed E-state index contributed by atoms with van der Waals surface area (Å²) in [4.78, 5) is 27.5. The number of nitrogens with one attached hydrogen (secondary N) is 1. The maximum Gasteiger partial charge on any atom is 0.309 e. The average Bonchev–Trinajstić information content (AvgIpc) is 3.14. The van der Waals surface area contributed by atoms with Crippen molar-refractivity contribution in [3.05, 3.63) is 10.6 Å². The van der Waals surface area contributed by atoms with Crippen molar-refractivity contribution in [1.29, 1.82) is 0 Å². The lowest BCUT2D eigenvalue weighted by atomic mass is 10.0. The van der Waals surface area contributed by atoms with E-state index in [1.165, 1.54) is 11.3 Å². The summed E-state index contributed by atoms with van der Waals surface area (Å²) in [5.41, 5.74) is 0.00207. The van der Waals surface area contributed by atoms with Gasteiger partial charge in [0.1, 0.15) is 0 Å². The van der Waals surface area contributed by atoms with E-state index in [2.05, 4.69) is 26.4 Å². The van der Waals surface area contributed by atoms with E-state index in [-0.39, 0.29) is 18.7 Å². The number of anilines is 1. The number of carbonyl (C=O) groups excluding carboxylic acids is 1. The second kappa shape index (κ2) is 6.66. The monoisotopic (exact) mass is 320 g/mol. The molecule has 116 valence electrons. The molecular weight excluding hydrogens is 304 g/mol. The number of hydrogen-bond acceptors (Lipinski definition) is 6. The topological polar surface area (TPSA) is 104 Å². The van der Waals surface area contributed by atoms with Crippen molar-refractivity contribution in [2.45, 2.75) is 44.7 Å². The maximum absolute atomic E-state index is 11.9. The molecule has 1 aromatic heterocycles. The Labute approximate surface area is 131 Å². The minimum absolute atomic E-state index is 0.148. The summed E-state index contributed by atoms with van der Waals surface area (Å²) in [6, 6.07) is 0. The fraction of sp³-hybridized carbons (Fsp3) is 0.500. The van der Waals surface area contributed by atoms with Crippen LogP contribution < -0.4 is 5.32 Å². The number of hydrogen-bond donors (Lipinski definition) is 2. The number of aliphatic carboxylic acids is 1. The summed E-state index contributed by atoms with van der Waals surface area (Å²) in [5.74, 6) is 1.41. The molecule has 1 aliphatic rings. The molecule has 1 amide bonds. The first-order valence-corrected chi connectivity index (χ1v) is 7.61. The molecule has 0 aliphatic carbocycles. The third-order valence-corrected chi connectivity index (χ3v) is 4.19. The first-order chi connectivity index (χ1) is 10.4. The zero-order valence-electron chi connectivity index (χ0n) is 12.1. The second-order valence-corrected chi connectivity index (χ2v) is 6.23. The third-order valence-electron chi connectivity index (χ3n) is 3.26. The van der Waals surface area contributed by atoms with Crippen molar-refractivity contribution in [2.24, 2.45) is 10.2 Å². The quantitative estimate of drug-likeness (QED) is 0.717. The lowest BCUT2D eigenvalue weighted by Gasteiger charge is -2.07. The zero-order valence-corrected chi connectivity index (χ0v) is 12.9. The molecule has 2 rings (SSSR count). The number of thiazole rings is 1. The molecule has 0 aromatic carbocycles. The number of terminal acetylenes is 1. The lowest BCUT2D eigenvalue weighted by Crippen LogP contribution is -2.17. The molecule has 0 radical (unpaired) electrons. The van der Waals surface area contributed by atoms with Crippen LogP contribution in [0.4, 0.5) is 5.13 Å². The second-order valence-electron chi connectivity index (χ2n) is 5.03. The van der Waals surface area contributed by atoms with Gasteiger partial charge in [-0.1, -0.05) is 0 Å². The van der Waals surface area contributed by atoms with E-state index < -0.39 is 11.6 Å². The molecule has 0 bridgehead atoms. The number of nitrogens with zero attached hydrogens (tertiary/aromatic N) is 3. The van der Waals surface area contributed by atoms with Crippen molar-refractivity contribution in [3.8, 4) is 12.3 Å². The van der Waals surface area contributed by atoms with Gasteiger partial charge in [0.15, 0.2) is 10.8 Å². The predicted octanol–water partition coefficient (Wildman–Crippen LogP) is 2.37. The highest BCUT2D eigenvalue weighted by Gasteiger charge is 2.39. The molecular formula is C14H16N4O3S. The predicted molar refractivity (Wildman–Crippen MR) is 81.7 cm³/mol. The molecule has 1 aliphatic heterocycles. The van der Waals surface area contributed by atoms with Crippen LogP contribution in [0.15, 0.2) is 10.2 Å². The summed E-state index contributed by atoms with van der Waals surface area (Å²) in [7, 11) is 0. The van der Waals surface area contributed by atoms with E-state index in [1.807, 2.05) is 0 Å². The number of carboxylic acids is 1. The van der Waals surface area contributed by atoms with Gasteiger partial charge in [0, 0.05) is 30.6 Å². The average molecular weight is 320 g/mol.